The molecule has 0 aromatic heterocycles. The quantitative estimate of drug-likeness (QED) is 0.731. The molecule has 1 aromatic rings. The van der Waals surface area contributed by atoms with Gasteiger partial charge < -0.3 is 9.64 Å². The van der Waals surface area contributed by atoms with E-state index in [9.17, 15) is 4.79 Å². The van der Waals surface area contributed by atoms with Crippen LogP contribution >= 0.6 is 0 Å². The first-order chi connectivity index (χ1) is 7.50. The molecule has 0 aliphatic carbocycles. The Bertz CT molecular complexity index is 361. The lowest BCUT2D eigenvalue weighted by atomic mass is 10.2. The molecule has 3 heteroatoms. The molecular weight excluding hydrogens is 202 g/mol. The molecule has 0 amide bonds. The number of anilines is 1. The number of aryl methyl sites for hydroxylation is 1. The van der Waals surface area contributed by atoms with Crippen molar-refractivity contribution >= 4 is 11.7 Å². The number of para-hydroxylation sites is 1. The SMILES string of the molecule is Cc1ccccc1N(C)CC(=O)OC(C)C. The number of carbonyl (C=O) groups excluding carboxylic acids is 1. The summed E-state index contributed by atoms with van der Waals surface area (Å²) in [5, 5.41) is 0. The van der Waals surface area contributed by atoms with Gasteiger partial charge in [0.25, 0.3) is 0 Å². The average Bonchev–Trinajstić information content (AvgIpc) is 2.16. The molecule has 0 radical (unpaired) electrons. The summed E-state index contributed by atoms with van der Waals surface area (Å²) in [6.45, 7) is 6.01. The topological polar surface area (TPSA) is 29.5 Å². The number of hydrogen-bond donors (Lipinski definition) is 0. The summed E-state index contributed by atoms with van der Waals surface area (Å²) < 4.78 is 5.10. The molecule has 3 nitrogen and oxygen atoms in total. The fourth-order valence-corrected chi connectivity index (χ4v) is 1.57. The Balaban J connectivity index is 2.62. The zero-order valence-electron chi connectivity index (χ0n) is 10.4. The maximum atomic E-state index is 11.5. The highest BCUT2D eigenvalue weighted by Gasteiger charge is 2.11. The largest absolute Gasteiger partial charge is 0.462 e. The van der Waals surface area contributed by atoms with Crippen molar-refractivity contribution in [1.82, 2.24) is 0 Å². The van der Waals surface area contributed by atoms with Crippen LogP contribution in [0.1, 0.15) is 19.4 Å². The Hall–Kier alpha value is -1.51. The molecule has 16 heavy (non-hydrogen) atoms. The van der Waals surface area contributed by atoms with Gasteiger partial charge in [-0.1, -0.05) is 18.2 Å². The lowest BCUT2D eigenvalue weighted by molar-refractivity contribution is -0.145. The number of ether oxygens (including phenoxy) is 1. The van der Waals surface area contributed by atoms with E-state index < -0.39 is 0 Å². The second-order valence-electron chi connectivity index (χ2n) is 4.18. The number of carbonyl (C=O) groups is 1. The fourth-order valence-electron chi connectivity index (χ4n) is 1.57. The van der Waals surface area contributed by atoms with E-state index in [4.69, 9.17) is 4.74 Å². The highest BCUT2D eigenvalue weighted by Crippen LogP contribution is 2.17. The van der Waals surface area contributed by atoms with Crippen LogP contribution in [0.5, 0.6) is 0 Å². The molecule has 0 bridgehead atoms. The van der Waals surface area contributed by atoms with Gasteiger partial charge in [-0.2, -0.15) is 0 Å². The number of rotatable bonds is 4. The molecule has 1 rings (SSSR count). The van der Waals surface area contributed by atoms with Crippen molar-refractivity contribution in [3.63, 3.8) is 0 Å². The van der Waals surface area contributed by atoms with Gasteiger partial charge in [0.15, 0.2) is 0 Å². The minimum Gasteiger partial charge on any atom is -0.462 e. The van der Waals surface area contributed by atoms with Crippen LogP contribution in [0.15, 0.2) is 24.3 Å². The minimum absolute atomic E-state index is 0.0576. The highest BCUT2D eigenvalue weighted by atomic mass is 16.5. The third-order valence-corrected chi connectivity index (χ3v) is 2.26. The Morgan fingerprint density at radius 1 is 1.38 bits per heavy atom. The van der Waals surface area contributed by atoms with Crippen LogP contribution in [-0.4, -0.2) is 25.7 Å². The van der Waals surface area contributed by atoms with Crippen molar-refractivity contribution in [2.24, 2.45) is 0 Å². The van der Waals surface area contributed by atoms with Crippen LogP contribution < -0.4 is 4.90 Å². The van der Waals surface area contributed by atoms with E-state index in [1.165, 1.54) is 0 Å². The van der Waals surface area contributed by atoms with E-state index in [1.807, 2.05) is 57.0 Å². The lowest BCUT2D eigenvalue weighted by Crippen LogP contribution is -2.29. The first-order valence-corrected chi connectivity index (χ1v) is 5.47. The number of likely N-dealkylation sites (N-methyl/N-ethyl adjacent to an activating group) is 1. The van der Waals surface area contributed by atoms with E-state index in [0.29, 0.717) is 0 Å². The van der Waals surface area contributed by atoms with Gasteiger partial charge in [-0.25, -0.2) is 0 Å². The van der Waals surface area contributed by atoms with Crippen molar-refractivity contribution in [2.75, 3.05) is 18.5 Å². The van der Waals surface area contributed by atoms with E-state index in [-0.39, 0.29) is 18.6 Å². The van der Waals surface area contributed by atoms with E-state index in [2.05, 4.69) is 0 Å². The molecule has 0 unspecified atom stereocenters. The molecule has 0 fully saturated rings. The summed E-state index contributed by atoms with van der Waals surface area (Å²) >= 11 is 0. The van der Waals surface area contributed by atoms with Gasteiger partial charge in [-0.3, -0.25) is 4.79 Å². The van der Waals surface area contributed by atoms with Crippen molar-refractivity contribution in [3.05, 3.63) is 29.8 Å². The van der Waals surface area contributed by atoms with Gasteiger partial charge >= 0.3 is 5.97 Å². The first kappa shape index (κ1) is 12.6. The van der Waals surface area contributed by atoms with Crippen molar-refractivity contribution < 1.29 is 9.53 Å². The Kier molecular flexibility index (Phi) is 4.35. The predicted molar refractivity (Wildman–Crippen MR) is 65.7 cm³/mol. The molecule has 0 aliphatic heterocycles. The Morgan fingerprint density at radius 3 is 2.56 bits per heavy atom. The lowest BCUT2D eigenvalue weighted by Gasteiger charge is -2.20. The Labute approximate surface area is 97.0 Å². The average molecular weight is 221 g/mol. The third-order valence-electron chi connectivity index (χ3n) is 2.26. The normalized spacial score (nSPS) is 10.3. The molecule has 0 N–H and O–H groups in total. The van der Waals surface area contributed by atoms with Gasteiger partial charge in [-0.05, 0) is 32.4 Å². The van der Waals surface area contributed by atoms with E-state index >= 15 is 0 Å². The zero-order chi connectivity index (χ0) is 12.1. The van der Waals surface area contributed by atoms with Gasteiger partial charge in [0.1, 0.15) is 6.54 Å². The maximum Gasteiger partial charge on any atom is 0.325 e. The molecule has 0 saturated carbocycles. The van der Waals surface area contributed by atoms with E-state index in [1.54, 1.807) is 0 Å². The molecule has 0 spiro atoms. The number of hydrogen-bond acceptors (Lipinski definition) is 3. The van der Waals surface area contributed by atoms with Crippen molar-refractivity contribution in [3.8, 4) is 0 Å². The van der Waals surface area contributed by atoms with Crippen molar-refractivity contribution in [1.29, 1.82) is 0 Å². The van der Waals surface area contributed by atoms with Crippen LogP contribution in [0.3, 0.4) is 0 Å². The van der Waals surface area contributed by atoms with Crippen LogP contribution in [0.2, 0.25) is 0 Å². The first-order valence-electron chi connectivity index (χ1n) is 5.47. The third kappa shape index (κ3) is 3.57. The molecule has 0 aliphatic rings. The molecule has 1 aromatic carbocycles. The van der Waals surface area contributed by atoms with Gasteiger partial charge in [0.05, 0.1) is 6.10 Å². The van der Waals surface area contributed by atoms with E-state index in [0.717, 1.165) is 11.3 Å². The zero-order valence-corrected chi connectivity index (χ0v) is 10.4. The van der Waals surface area contributed by atoms with Gasteiger partial charge in [0, 0.05) is 12.7 Å². The second-order valence-corrected chi connectivity index (χ2v) is 4.18. The molecule has 0 heterocycles. The van der Waals surface area contributed by atoms with Crippen LogP contribution in [0.4, 0.5) is 5.69 Å². The Morgan fingerprint density at radius 2 is 2.00 bits per heavy atom. The minimum atomic E-state index is -0.194. The molecular formula is C13H19NO2. The summed E-state index contributed by atoms with van der Waals surface area (Å²) in [5.74, 6) is -0.194. The summed E-state index contributed by atoms with van der Waals surface area (Å²) in [6, 6.07) is 7.98. The monoisotopic (exact) mass is 221 g/mol. The summed E-state index contributed by atoms with van der Waals surface area (Å²) in [4.78, 5) is 13.4. The maximum absolute atomic E-state index is 11.5. The smallest absolute Gasteiger partial charge is 0.325 e. The standard InChI is InChI=1S/C13H19NO2/c1-10(2)16-13(15)9-14(4)12-8-6-5-7-11(12)3/h5-8,10H,9H2,1-4H3. The fraction of sp³-hybridized carbons (Fsp3) is 0.462. The van der Waals surface area contributed by atoms with Crippen LogP contribution in [-0.2, 0) is 9.53 Å². The summed E-state index contributed by atoms with van der Waals surface area (Å²) in [6.07, 6.45) is -0.0576. The second kappa shape index (κ2) is 5.54. The summed E-state index contributed by atoms with van der Waals surface area (Å²) in [5.41, 5.74) is 2.21. The van der Waals surface area contributed by atoms with Crippen molar-refractivity contribution in [2.45, 2.75) is 26.9 Å². The van der Waals surface area contributed by atoms with Crippen LogP contribution in [0, 0.1) is 6.92 Å². The molecule has 88 valence electrons. The van der Waals surface area contributed by atoms with Crippen LogP contribution in [0.25, 0.3) is 0 Å². The highest BCUT2D eigenvalue weighted by molar-refractivity contribution is 5.76. The predicted octanol–water partition coefficient (Wildman–Crippen LogP) is 2.38. The number of esters is 1. The van der Waals surface area contributed by atoms with Gasteiger partial charge in [0.2, 0.25) is 0 Å². The number of benzene rings is 1. The summed E-state index contributed by atoms with van der Waals surface area (Å²) in [7, 11) is 1.89. The number of nitrogens with zero attached hydrogens (tertiary/aromatic N) is 1. The molecule has 0 atom stereocenters. The molecule has 0 saturated heterocycles. The van der Waals surface area contributed by atoms with Gasteiger partial charge in [-0.15, -0.1) is 0 Å².